The molecule has 0 bridgehead atoms. The Balaban J connectivity index is 2.39. The quantitative estimate of drug-likeness (QED) is 0.703. The number of nitrogens with one attached hydrogen (secondary N) is 1. The summed E-state index contributed by atoms with van der Waals surface area (Å²) in [6.07, 6.45) is 2.24. The average Bonchev–Trinajstić information content (AvgIpc) is 2.18. The van der Waals surface area contributed by atoms with Crippen molar-refractivity contribution in [3.05, 3.63) is 29.3 Å². The lowest BCUT2D eigenvalue weighted by Crippen LogP contribution is -2.05. The summed E-state index contributed by atoms with van der Waals surface area (Å²) in [5, 5.41) is 3.39. The zero-order valence-corrected chi connectivity index (χ0v) is 9.14. The molecule has 2 heteroatoms. The van der Waals surface area contributed by atoms with Crippen molar-refractivity contribution in [3.8, 4) is 0 Å². The Bertz CT molecular complexity index is 282. The second kappa shape index (κ2) is 5.66. The van der Waals surface area contributed by atoms with Gasteiger partial charge in [-0.25, -0.2) is 0 Å². The van der Waals surface area contributed by atoms with Gasteiger partial charge in [-0.2, -0.15) is 0 Å². The number of hydrogen-bond acceptors (Lipinski definition) is 2. The van der Waals surface area contributed by atoms with Crippen LogP contribution >= 0.6 is 0 Å². The van der Waals surface area contributed by atoms with Gasteiger partial charge in [0.05, 0.1) is 0 Å². The van der Waals surface area contributed by atoms with Crippen LogP contribution in [0, 0.1) is 13.8 Å². The van der Waals surface area contributed by atoms with Crippen molar-refractivity contribution >= 4 is 5.69 Å². The summed E-state index contributed by atoms with van der Waals surface area (Å²) in [6, 6.07) is 6.48. The Kier molecular flexibility index (Phi) is 4.47. The molecule has 0 spiro atoms. The first-order valence-corrected chi connectivity index (χ1v) is 5.25. The zero-order valence-electron chi connectivity index (χ0n) is 9.14. The van der Waals surface area contributed by atoms with Crippen LogP contribution in [0.2, 0.25) is 0 Å². The van der Waals surface area contributed by atoms with E-state index in [0.29, 0.717) is 0 Å². The highest BCUT2D eigenvalue weighted by Gasteiger charge is 1.94. The van der Waals surface area contributed by atoms with Gasteiger partial charge < -0.3 is 11.1 Å². The number of unbranched alkanes of at least 4 members (excludes halogenated alkanes) is 1. The molecule has 0 heterocycles. The monoisotopic (exact) mass is 192 g/mol. The molecule has 0 amide bonds. The van der Waals surface area contributed by atoms with Crippen molar-refractivity contribution in [1.29, 1.82) is 0 Å². The van der Waals surface area contributed by atoms with E-state index in [1.807, 2.05) is 0 Å². The van der Waals surface area contributed by atoms with Crippen LogP contribution < -0.4 is 11.1 Å². The molecule has 0 aliphatic heterocycles. The summed E-state index contributed by atoms with van der Waals surface area (Å²) in [5.41, 5.74) is 9.32. The van der Waals surface area contributed by atoms with Gasteiger partial charge >= 0.3 is 0 Å². The first-order valence-electron chi connectivity index (χ1n) is 5.25. The number of aryl methyl sites for hydroxylation is 2. The van der Waals surface area contributed by atoms with Crippen LogP contribution in [0.5, 0.6) is 0 Å². The van der Waals surface area contributed by atoms with E-state index in [0.717, 1.165) is 25.9 Å². The van der Waals surface area contributed by atoms with Gasteiger partial charge in [-0.05, 0) is 56.5 Å². The molecule has 1 aromatic rings. The molecule has 0 unspecified atom stereocenters. The van der Waals surface area contributed by atoms with E-state index in [4.69, 9.17) is 5.73 Å². The number of hydrogen-bond donors (Lipinski definition) is 2. The van der Waals surface area contributed by atoms with Crippen molar-refractivity contribution in [3.63, 3.8) is 0 Å². The third-order valence-electron chi connectivity index (χ3n) is 2.47. The second-order valence-corrected chi connectivity index (χ2v) is 3.72. The van der Waals surface area contributed by atoms with Crippen LogP contribution in [0.3, 0.4) is 0 Å². The molecular formula is C12H20N2. The SMILES string of the molecule is Cc1ccc(NCCCCN)cc1C. The molecule has 14 heavy (non-hydrogen) atoms. The zero-order chi connectivity index (χ0) is 10.4. The molecule has 0 saturated heterocycles. The minimum atomic E-state index is 0.786. The lowest BCUT2D eigenvalue weighted by atomic mass is 10.1. The molecule has 2 nitrogen and oxygen atoms in total. The number of benzene rings is 1. The van der Waals surface area contributed by atoms with E-state index in [1.54, 1.807) is 0 Å². The summed E-state index contributed by atoms with van der Waals surface area (Å²) < 4.78 is 0. The Hall–Kier alpha value is -1.02. The molecule has 0 atom stereocenters. The van der Waals surface area contributed by atoms with E-state index in [9.17, 15) is 0 Å². The highest BCUT2D eigenvalue weighted by molar-refractivity contribution is 5.47. The maximum absolute atomic E-state index is 5.42. The smallest absolute Gasteiger partial charge is 0.0342 e. The first kappa shape index (κ1) is 11.1. The van der Waals surface area contributed by atoms with Crippen LogP contribution in [0.4, 0.5) is 5.69 Å². The topological polar surface area (TPSA) is 38.0 Å². The van der Waals surface area contributed by atoms with Crippen LogP contribution in [-0.2, 0) is 0 Å². The molecule has 1 rings (SSSR count). The molecule has 0 aliphatic rings. The van der Waals surface area contributed by atoms with Gasteiger partial charge in [0.2, 0.25) is 0 Å². The third kappa shape index (κ3) is 3.38. The predicted octanol–water partition coefficient (Wildman–Crippen LogP) is 2.45. The highest BCUT2D eigenvalue weighted by Crippen LogP contribution is 2.13. The fourth-order valence-electron chi connectivity index (χ4n) is 1.35. The molecule has 3 N–H and O–H groups in total. The standard InChI is InChI=1S/C12H20N2/c1-10-5-6-12(9-11(10)2)14-8-4-3-7-13/h5-6,9,14H,3-4,7-8,13H2,1-2H3. The number of anilines is 1. The van der Waals surface area contributed by atoms with Crippen molar-refractivity contribution in [2.24, 2.45) is 5.73 Å². The molecule has 0 aromatic heterocycles. The second-order valence-electron chi connectivity index (χ2n) is 3.72. The molecular weight excluding hydrogens is 172 g/mol. The highest BCUT2D eigenvalue weighted by atomic mass is 14.9. The Morgan fingerprint density at radius 1 is 1.14 bits per heavy atom. The maximum Gasteiger partial charge on any atom is 0.0342 e. The summed E-state index contributed by atoms with van der Waals surface area (Å²) in [4.78, 5) is 0. The fraction of sp³-hybridized carbons (Fsp3) is 0.500. The van der Waals surface area contributed by atoms with Crippen molar-refractivity contribution < 1.29 is 0 Å². The Morgan fingerprint density at radius 3 is 2.57 bits per heavy atom. The molecule has 0 aliphatic carbocycles. The molecule has 0 radical (unpaired) electrons. The molecule has 0 saturated carbocycles. The van der Waals surface area contributed by atoms with Gasteiger partial charge in [0.15, 0.2) is 0 Å². The predicted molar refractivity (Wildman–Crippen MR) is 62.7 cm³/mol. The first-order chi connectivity index (χ1) is 6.74. The number of rotatable bonds is 5. The Morgan fingerprint density at radius 2 is 1.93 bits per heavy atom. The van der Waals surface area contributed by atoms with Gasteiger partial charge in [0.1, 0.15) is 0 Å². The minimum absolute atomic E-state index is 0.786. The molecule has 0 fully saturated rings. The van der Waals surface area contributed by atoms with E-state index >= 15 is 0 Å². The van der Waals surface area contributed by atoms with Crippen LogP contribution in [-0.4, -0.2) is 13.1 Å². The van der Waals surface area contributed by atoms with Crippen LogP contribution in [0.25, 0.3) is 0 Å². The summed E-state index contributed by atoms with van der Waals surface area (Å²) >= 11 is 0. The Labute approximate surface area is 86.5 Å². The van der Waals surface area contributed by atoms with Crippen molar-refractivity contribution in [1.82, 2.24) is 0 Å². The summed E-state index contributed by atoms with van der Waals surface area (Å²) in [6.45, 7) is 6.07. The van der Waals surface area contributed by atoms with Crippen molar-refractivity contribution in [2.45, 2.75) is 26.7 Å². The van der Waals surface area contributed by atoms with E-state index in [2.05, 4.69) is 37.4 Å². The summed E-state index contributed by atoms with van der Waals surface area (Å²) in [5.74, 6) is 0. The minimum Gasteiger partial charge on any atom is -0.385 e. The van der Waals surface area contributed by atoms with Crippen LogP contribution in [0.1, 0.15) is 24.0 Å². The lowest BCUT2D eigenvalue weighted by Gasteiger charge is -2.08. The van der Waals surface area contributed by atoms with Gasteiger partial charge in [0, 0.05) is 12.2 Å². The third-order valence-corrected chi connectivity index (χ3v) is 2.47. The summed E-state index contributed by atoms with van der Waals surface area (Å²) in [7, 11) is 0. The normalized spacial score (nSPS) is 10.2. The molecule has 1 aromatic carbocycles. The maximum atomic E-state index is 5.42. The van der Waals surface area contributed by atoms with Gasteiger partial charge in [-0.15, -0.1) is 0 Å². The molecule has 78 valence electrons. The van der Waals surface area contributed by atoms with Crippen molar-refractivity contribution in [2.75, 3.05) is 18.4 Å². The lowest BCUT2D eigenvalue weighted by molar-refractivity contribution is 0.774. The fourth-order valence-corrected chi connectivity index (χ4v) is 1.35. The van der Waals surface area contributed by atoms with E-state index < -0.39 is 0 Å². The van der Waals surface area contributed by atoms with Crippen LogP contribution in [0.15, 0.2) is 18.2 Å². The van der Waals surface area contributed by atoms with E-state index in [1.165, 1.54) is 16.8 Å². The average molecular weight is 192 g/mol. The number of nitrogens with two attached hydrogens (primary N) is 1. The van der Waals surface area contributed by atoms with Gasteiger partial charge in [-0.3, -0.25) is 0 Å². The van der Waals surface area contributed by atoms with Gasteiger partial charge in [0.25, 0.3) is 0 Å². The van der Waals surface area contributed by atoms with E-state index in [-0.39, 0.29) is 0 Å². The largest absolute Gasteiger partial charge is 0.385 e. The van der Waals surface area contributed by atoms with Gasteiger partial charge in [-0.1, -0.05) is 6.07 Å².